The Balaban J connectivity index is 1.44. The average molecular weight is 339 g/mol. The van der Waals surface area contributed by atoms with Gasteiger partial charge in [0.25, 0.3) is 0 Å². The van der Waals surface area contributed by atoms with Crippen molar-refractivity contribution in [2.75, 3.05) is 19.6 Å². The van der Waals surface area contributed by atoms with E-state index in [0.717, 1.165) is 56.8 Å². The van der Waals surface area contributed by atoms with Crippen molar-refractivity contribution in [2.24, 2.45) is 0 Å². The van der Waals surface area contributed by atoms with Crippen LogP contribution >= 0.6 is 0 Å². The van der Waals surface area contributed by atoms with E-state index in [9.17, 15) is 4.79 Å². The molecule has 0 bridgehead atoms. The fourth-order valence-electron chi connectivity index (χ4n) is 4.05. The molecule has 5 heteroatoms. The number of amides is 1. The number of hydrogen-bond donors (Lipinski definition) is 0. The number of carbonyl (C=O) groups excluding carboxylic acids is 1. The summed E-state index contributed by atoms with van der Waals surface area (Å²) >= 11 is 0. The number of fused-ring (bicyclic) bond motifs is 1. The third-order valence-corrected chi connectivity index (χ3v) is 5.38. The molecule has 1 aromatic heterocycles. The zero-order chi connectivity index (χ0) is 17.2. The van der Waals surface area contributed by atoms with Crippen molar-refractivity contribution in [1.82, 2.24) is 15.0 Å². The van der Waals surface area contributed by atoms with Crippen LogP contribution in [0.1, 0.15) is 47.9 Å². The van der Waals surface area contributed by atoms with Gasteiger partial charge in [0.1, 0.15) is 11.5 Å². The average Bonchev–Trinajstić information content (AvgIpc) is 3.08. The van der Waals surface area contributed by atoms with Crippen LogP contribution in [-0.2, 0) is 17.8 Å². The van der Waals surface area contributed by atoms with Crippen molar-refractivity contribution in [2.45, 2.75) is 45.2 Å². The first-order chi connectivity index (χ1) is 12.2. The third kappa shape index (κ3) is 3.47. The fraction of sp³-hybridized carbons (Fsp3) is 0.500. The van der Waals surface area contributed by atoms with Crippen LogP contribution in [0, 0.1) is 6.92 Å². The van der Waals surface area contributed by atoms with Gasteiger partial charge in [0.2, 0.25) is 5.91 Å². The maximum atomic E-state index is 13.0. The van der Waals surface area contributed by atoms with Crippen molar-refractivity contribution in [3.8, 4) is 0 Å². The molecule has 25 heavy (non-hydrogen) atoms. The maximum absolute atomic E-state index is 13.0. The number of piperidine rings is 1. The topological polar surface area (TPSA) is 49.6 Å². The molecule has 2 aromatic rings. The molecule has 0 aliphatic carbocycles. The molecule has 1 unspecified atom stereocenters. The van der Waals surface area contributed by atoms with Crippen molar-refractivity contribution in [3.63, 3.8) is 0 Å². The minimum absolute atomic E-state index is 0.0655. The fourth-order valence-corrected chi connectivity index (χ4v) is 4.05. The van der Waals surface area contributed by atoms with E-state index in [1.54, 1.807) is 0 Å². The van der Waals surface area contributed by atoms with E-state index in [-0.39, 0.29) is 11.9 Å². The van der Waals surface area contributed by atoms with Crippen molar-refractivity contribution < 1.29 is 9.32 Å². The third-order valence-electron chi connectivity index (χ3n) is 5.38. The van der Waals surface area contributed by atoms with Gasteiger partial charge in [0.05, 0.1) is 12.6 Å². The summed E-state index contributed by atoms with van der Waals surface area (Å²) in [7, 11) is 0. The Labute approximate surface area is 148 Å². The minimum atomic E-state index is 0.0655. The SMILES string of the molecule is Cc1cc(C2CCCCN2C(=O)CN2CCc3ccccc3C2)no1. The predicted octanol–water partition coefficient (Wildman–Crippen LogP) is 3.09. The molecule has 3 heterocycles. The lowest BCUT2D eigenvalue weighted by molar-refractivity contribution is -0.136. The first-order valence-corrected chi connectivity index (χ1v) is 9.22. The number of hydrogen-bond acceptors (Lipinski definition) is 4. The van der Waals surface area contributed by atoms with Crippen LogP contribution in [0.4, 0.5) is 0 Å². The van der Waals surface area contributed by atoms with Gasteiger partial charge in [0, 0.05) is 25.7 Å². The smallest absolute Gasteiger partial charge is 0.237 e. The molecule has 0 radical (unpaired) electrons. The Morgan fingerprint density at radius 2 is 2.08 bits per heavy atom. The van der Waals surface area contributed by atoms with Crippen LogP contribution in [0.3, 0.4) is 0 Å². The molecule has 1 atom stereocenters. The molecular formula is C20H25N3O2. The number of aromatic nitrogens is 1. The van der Waals surface area contributed by atoms with Gasteiger partial charge in [-0.15, -0.1) is 0 Å². The molecule has 0 saturated carbocycles. The second-order valence-electron chi connectivity index (χ2n) is 7.19. The first kappa shape index (κ1) is 16.3. The van der Waals surface area contributed by atoms with E-state index in [0.29, 0.717) is 6.54 Å². The molecule has 0 spiro atoms. The highest BCUT2D eigenvalue weighted by molar-refractivity contribution is 5.79. The molecule has 2 aliphatic heterocycles. The van der Waals surface area contributed by atoms with E-state index in [4.69, 9.17) is 4.52 Å². The molecule has 4 rings (SSSR count). The van der Waals surface area contributed by atoms with Gasteiger partial charge in [0.15, 0.2) is 0 Å². The van der Waals surface area contributed by atoms with E-state index in [2.05, 4.69) is 34.3 Å². The molecule has 0 N–H and O–H groups in total. The van der Waals surface area contributed by atoms with Gasteiger partial charge in [-0.3, -0.25) is 9.69 Å². The zero-order valence-corrected chi connectivity index (χ0v) is 14.8. The molecule has 1 amide bonds. The number of carbonyl (C=O) groups is 1. The summed E-state index contributed by atoms with van der Waals surface area (Å²) in [5, 5.41) is 4.17. The van der Waals surface area contributed by atoms with E-state index < -0.39 is 0 Å². The maximum Gasteiger partial charge on any atom is 0.237 e. The van der Waals surface area contributed by atoms with Crippen LogP contribution in [0.25, 0.3) is 0 Å². The largest absolute Gasteiger partial charge is 0.361 e. The van der Waals surface area contributed by atoms with E-state index >= 15 is 0 Å². The molecule has 1 saturated heterocycles. The van der Waals surface area contributed by atoms with Crippen LogP contribution in [-0.4, -0.2) is 40.5 Å². The van der Waals surface area contributed by atoms with Crippen LogP contribution in [0.15, 0.2) is 34.9 Å². The van der Waals surface area contributed by atoms with E-state index in [1.165, 1.54) is 11.1 Å². The van der Waals surface area contributed by atoms with Crippen molar-refractivity contribution in [3.05, 3.63) is 52.9 Å². The Bertz CT molecular complexity index is 755. The monoisotopic (exact) mass is 339 g/mol. The number of likely N-dealkylation sites (tertiary alicyclic amines) is 1. The summed E-state index contributed by atoms with van der Waals surface area (Å²) in [4.78, 5) is 17.3. The van der Waals surface area contributed by atoms with Gasteiger partial charge in [-0.1, -0.05) is 29.4 Å². The van der Waals surface area contributed by atoms with Gasteiger partial charge in [-0.2, -0.15) is 0 Å². The lowest BCUT2D eigenvalue weighted by Gasteiger charge is -2.37. The number of nitrogens with zero attached hydrogens (tertiary/aromatic N) is 3. The summed E-state index contributed by atoms with van der Waals surface area (Å²) in [5.74, 6) is 1.02. The molecule has 2 aliphatic rings. The summed E-state index contributed by atoms with van der Waals surface area (Å²) in [5.41, 5.74) is 3.67. The highest BCUT2D eigenvalue weighted by atomic mass is 16.5. The standard InChI is InChI=1S/C20H25N3O2/c1-15-12-18(21-25-15)19-8-4-5-10-23(19)20(24)14-22-11-9-16-6-2-3-7-17(16)13-22/h2-3,6-7,12,19H,4-5,8-11,13-14H2,1H3. The quantitative estimate of drug-likeness (QED) is 0.862. The highest BCUT2D eigenvalue weighted by Crippen LogP contribution is 2.31. The molecule has 5 nitrogen and oxygen atoms in total. The lowest BCUT2D eigenvalue weighted by atomic mass is 9.98. The first-order valence-electron chi connectivity index (χ1n) is 9.22. The molecule has 1 fully saturated rings. The predicted molar refractivity (Wildman–Crippen MR) is 95.0 cm³/mol. The summed E-state index contributed by atoms with van der Waals surface area (Å²) in [6.45, 7) is 5.02. The van der Waals surface area contributed by atoms with Crippen molar-refractivity contribution in [1.29, 1.82) is 0 Å². The van der Waals surface area contributed by atoms with Gasteiger partial charge in [-0.25, -0.2) is 0 Å². The number of aryl methyl sites for hydroxylation is 1. The van der Waals surface area contributed by atoms with Gasteiger partial charge < -0.3 is 9.42 Å². The minimum Gasteiger partial charge on any atom is -0.361 e. The number of benzene rings is 1. The summed E-state index contributed by atoms with van der Waals surface area (Å²) in [6.07, 6.45) is 4.20. The van der Waals surface area contributed by atoms with Crippen LogP contribution in [0.2, 0.25) is 0 Å². The van der Waals surface area contributed by atoms with Crippen LogP contribution < -0.4 is 0 Å². The Morgan fingerprint density at radius 3 is 2.88 bits per heavy atom. The second kappa shape index (κ2) is 7.00. The summed E-state index contributed by atoms with van der Waals surface area (Å²) < 4.78 is 5.24. The Morgan fingerprint density at radius 1 is 1.24 bits per heavy atom. The Hall–Kier alpha value is -2.14. The second-order valence-corrected chi connectivity index (χ2v) is 7.19. The molecular weight excluding hydrogens is 314 g/mol. The normalized spacial score (nSPS) is 21.2. The lowest BCUT2D eigenvalue weighted by Crippen LogP contribution is -2.45. The van der Waals surface area contributed by atoms with E-state index in [1.807, 2.05) is 17.9 Å². The summed E-state index contributed by atoms with van der Waals surface area (Å²) in [6, 6.07) is 10.6. The van der Waals surface area contributed by atoms with Gasteiger partial charge >= 0.3 is 0 Å². The highest BCUT2D eigenvalue weighted by Gasteiger charge is 2.31. The van der Waals surface area contributed by atoms with Crippen LogP contribution in [0.5, 0.6) is 0 Å². The Kier molecular flexibility index (Phi) is 4.57. The van der Waals surface area contributed by atoms with Crippen molar-refractivity contribution >= 4 is 5.91 Å². The van der Waals surface area contributed by atoms with Gasteiger partial charge in [-0.05, 0) is 43.7 Å². The zero-order valence-electron chi connectivity index (χ0n) is 14.8. The molecule has 132 valence electrons. The number of rotatable bonds is 3. The molecule has 1 aromatic carbocycles.